The van der Waals surface area contributed by atoms with Gasteiger partial charge in [0.15, 0.2) is 10.9 Å². The minimum Gasteiger partial charge on any atom is -0.375 e. The number of nitrogens with two attached hydrogens (primary N) is 1. The zero-order valence-electron chi connectivity index (χ0n) is 13.8. The molecule has 4 rings (SSSR count). The molecule has 0 bridgehead atoms. The Bertz CT molecular complexity index is 1120. The molecule has 0 saturated heterocycles. The van der Waals surface area contributed by atoms with Gasteiger partial charge in [-0.25, -0.2) is 4.98 Å². The van der Waals surface area contributed by atoms with Crippen molar-refractivity contribution in [3.05, 3.63) is 72.2 Å². The summed E-state index contributed by atoms with van der Waals surface area (Å²) in [5.74, 6) is 0.712. The Morgan fingerprint density at radius 2 is 2.00 bits per heavy atom. The molecule has 26 heavy (non-hydrogen) atoms. The largest absolute Gasteiger partial charge is 0.375 e. The number of nitrogens with zero attached hydrogens (tertiary/aromatic N) is 4. The molecule has 7 heteroatoms. The normalized spacial score (nSPS) is 11.4. The number of pyridine rings is 1. The average molecular weight is 360 g/mol. The molecule has 0 saturated carbocycles. The molecule has 4 aromatic rings. The number of hydrazone groups is 1. The smallest absolute Gasteiger partial charge is 0.184 e. The molecule has 0 aliphatic heterocycles. The highest BCUT2D eigenvalue weighted by molar-refractivity contribution is 7.80. The Hall–Kier alpha value is -3.32. The van der Waals surface area contributed by atoms with Crippen LogP contribution in [0.2, 0.25) is 0 Å². The van der Waals surface area contributed by atoms with Crippen LogP contribution in [0, 0.1) is 0 Å². The number of fused-ring (bicyclic) bond motifs is 3. The van der Waals surface area contributed by atoms with Gasteiger partial charge in [0.1, 0.15) is 0 Å². The van der Waals surface area contributed by atoms with Crippen molar-refractivity contribution in [1.82, 2.24) is 20.0 Å². The van der Waals surface area contributed by atoms with Crippen molar-refractivity contribution in [2.24, 2.45) is 10.8 Å². The number of rotatable bonds is 4. The van der Waals surface area contributed by atoms with Crippen LogP contribution in [0.4, 0.5) is 0 Å². The predicted molar refractivity (Wildman–Crippen MR) is 108 cm³/mol. The summed E-state index contributed by atoms with van der Waals surface area (Å²) >= 11 is 4.79. The molecule has 2 aromatic heterocycles. The van der Waals surface area contributed by atoms with Crippen molar-refractivity contribution in [3.63, 3.8) is 0 Å². The van der Waals surface area contributed by atoms with E-state index in [4.69, 9.17) is 22.9 Å². The Kier molecular flexibility index (Phi) is 4.28. The first-order valence-electron chi connectivity index (χ1n) is 8.09. The molecule has 0 unspecified atom stereocenters. The van der Waals surface area contributed by atoms with E-state index in [2.05, 4.69) is 32.2 Å². The van der Waals surface area contributed by atoms with E-state index in [-0.39, 0.29) is 5.11 Å². The Morgan fingerprint density at radius 3 is 2.81 bits per heavy atom. The lowest BCUT2D eigenvalue weighted by Crippen LogP contribution is -2.24. The van der Waals surface area contributed by atoms with Crippen LogP contribution in [0.5, 0.6) is 0 Å². The number of nitrogens with one attached hydrogen (secondary N) is 1. The number of imidazole rings is 1. The first-order valence-corrected chi connectivity index (χ1v) is 8.49. The summed E-state index contributed by atoms with van der Waals surface area (Å²) in [7, 11) is 0. The lowest BCUT2D eigenvalue weighted by Gasteiger charge is -2.07. The minimum atomic E-state index is 0.113. The first-order chi connectivity index (χ1) is 12.7. The molecular formula is C19H16N6S. The third-order valence-electron chi connectivity index (χ3n) is 4.07. The summed E-state index contributed by atoms with van der Waals surface area (Å²) in [5.41, 5.74) is 12.0. The van der Waals surface area contributed by atoms with E-state index in [1.54, 1.807) is 12.4 Å². The highest BCUT2D eigenvalue weighted by Crippen LogP contribution is 2.25. The van der Waals surface area contributed by atoms with Gasteiger partial charge in [-0.3, -0.25) is 10.4 Å². The van der Waals surface area contributed by atoms with Crippen LogP contribution >= 0.6 is 12.2 Å². The van der Waals surface area contributed by atoms with Gasteiger partial charge in [-0.1, -0.05) is 30.3 Å². The summed E-state index contributed by atoms with van der Waals surface area (Å²) in [6, 6.07) is 18.2. The molecule has 0 atom stereocenters. The van der Waals surface area contributed by atoms with Gasteiger partial charge >= 0.3 is 0 Å². The van der Waals surface area contributed by atoms with Crippen molar-refractivity contribution in [3.8, 4) is 0 Å². The fraction of sp³-hybridized carbons (Fsp3) is 0.0526. The second-order valence-corrected chi connectivity index (χ2v) is 6.22. The molecular weight excluding hydrogens is 344 g/mol. The van der Waals surface area contributed by atoms with Crippen LogP contribution in [0.1, 0.15) is 11.4 Å². The van der Waals surface area contributed by atoms with Gasteiger partial charge in [0.2, 0.25) is 0 Å². The molecule has 0 aliphatic carbocycles. The maximum absolute atomic E-state index is 5.44. The highest BCUT2D eigenvalue weighted by atomic mass is 32.1. The molecule has 0 aliphatic rings. The summed E-state index contributed by atoms with van der Waals surface area (Å²) in [6.45, 7) is 0.678. The fourth-order valence-corrected chi connectivity index (χ4v) is 3.00. The fourth-order valence-electron chi connectivity index (χ4n) is 2.94. The van der Waals surface area contributed by atoms with E-state index in [1.807, 2.05) is 42.5 Å². The Balaban J connectivity index is 1.88. The average Bonchev–Trinajstić information content (AvgIpc) is 3.00. The standard InChI is InChI=1S/C19H16N6S/c20-19(26)24-22-11-17-23-18-14-7-4-10-21-15(14)8-9-16(18)25(17)12-13-5-2-1-3-6-13/h1-11H,12H2,(H3,20,24,26). The lowest BCUT2D eigenvalue weighted by molar-refractivity contribution is 0.815. The third-order valence-corrected chi connectivity index (χ3v) is 4.16. The molecule has 0 amide bonds. The number of aromatic nitrogens is 3. The van der Waals surface area contributed by atoms with Crippen molar-refractivity contribution < 1.29 is 0 Å². The van der Waals surface area contributed by atoms with Gasteiger partial charge in [-0.05, 0) is 42.0 Å². The molecule has 0 fully saturated rings. The molecule has 0 radical (unpaired) electrons. The van der Waals surface area contributed by atoms with Gasteiger partial charge in [-0.15, -0.1) is 0 Å². The van der Waals surface area contributed by atoms with Crippen LogP contribution < -0.4 is 11.2 Å². The number of hydrogen-bond donors (Lipinski definition) is 2. The number of thiocarbonyl (C=S) groups is 1. The van der Waals surface area contributed by atoms with E-state index in [1.165, 1.54) is 5.56 Å². The predicted octanol–water partition coefficient (Wildman–Crippen LogP) is 2.80. The van der Waals surface area contributed by atoms with Crippen LogP contribution in [0.25, 0.3) is 21.9 Å². The molecule has 2 heterocycles. The van der Waals surface area contributed by atoms with E-state index in [0.717, 1.165) is 21.9 Å². The van der Waals surface area contributed by atoms with Gasteiger partial charge in [0.05, 0.1) is 22.8 Å². The van der Waals surface area contributed by atoms with Gasteiger partial charge < -0.3 is 10.3 Å². The molecule has 2 aromatic carbocycles. The summed E-state index contributed by atoms with van der Waals surface area (Å²) in [5, 5.41) is 5.20. The van der Waals surface area contributed by atoms with E-state index >= 15 is 0 Å². The van der Waals surface area contributed by atoms with E-state index in [9.17, 15) is 0 Å². The van der Waals surface area contributed by atoms with Crippen LogP contribution in [-0.2, 0) is 6.54 Å². The maximum atomic E-state index is 5.44. The molecule has 6 nitrogen and oxygen atoms in total. The van der Waals surface area contributed by atoms with Gasteiger partial charge in [-0.2, -0.15) is 5.10 Å². The topological polar surface area (TPSA) is 81.1 Å². The molecule has 128 valence electrons. The van der Waals surface area contributed by atoms with E-state index < -0.39 is 0 Å². The molecule has 3 N–H and O–H groups in total. The second kappa shape index (κ2) is 6.89. The summed E-state index contributed by atoms with van der Waals surface area (Å²) in [4.78, 5) is 9.19. The second-order valence-electron chi connectivity index (χ2n) is 5.78. The molecule has 0 spiro atoms. The quantitative estimate of drug-likeness (QED) is 0.332. The third kappa shape index (κ3) is 3.12. The van der Waals surface area contributed by atoms with Crippen molar-refractivity contribution in [1.29, 1.82) is 0 Å². The maximum Gasteiger partial charge on any atom is 0.184 e. The highest BCUT2D eigenvalue weighted by Gasteiger charge is 2.13. The van der Waals surface area contributed by atoms with Crippen molar-refractivity contribution >= 4 is 45.5 Å². The van der Waals surface area contributed by atoms with Crippen LogP contribution in [0.3, 0.4) is 0 Å². The summed E-state index contributed by atoms with van der Waals surface area (Å²) in [6.07, 6.45) is 3.41. The zero-order valence-corrected chi connectivity index (χ0v) is 14.6. The van der Waals surface area contributed by atoms with Crippen molar-refractivity contribution in [2.45, 2.75) is 6.54 Å². The lowest BCUT2D eigenvalue weighted by atomic mass is 10.2. The number of hydrogen-bond acceptors (Lipinski definition) is 4. The van der Waals surface area contributed by atoms with Crippen molar-refractivity contribution in [2.75, 3.05) is 0 Å². The zero-order chi connectivity index (χ0) is 17.9. The monoisotopic (exact) mass is 360 g/mol. The van der Waals surface area contributed by atoms with Crippen LogP contribution in [-0.4, -0.2) is 25.9 Å². The van der Waals surface area contributed by atoms with Gasteiger partial charge in [0.25, 0.3) is 0 Å². The van der Waals surface area contributed by atoms with E-state index in [0.29, 0.717) is 12.4 Å². The Morgan fingerprint density at radius 1 is 1.15 bits per heavy atom. The minimum absolute atomic E-state index is 0.113. The van der Waals surface area contributed by atoms with Gasteiger partial charge in [0, 0.05) is 18.1 Å². The SMILES string of the molecule is NC(=S)NN=Cc1nc2c3cccnc3ccc2n1Cc1ccccc1. The van der Waals surface area contributed by atoms with Crippen LogP contribution in [0.15, 0.2) is 65.9 Å². The number of benzene rings is 2. The first kappa shape index (κ1) is 16.2. The Labute approximate surface area is 155 Å². The summed E-state index contributed by atoms with van der Waals surface area (Å²) < 4.78 is 2.11.